The van der Waals surface area contributed by atoms with E-state index in [1.807, 2.05) is 24.3 Å². The molecule has 3 aromatic rings. The molecule has 1 spiro atoms. The Morgan fingerprint density at radius 3 is 2.71 bits per heavy atom. The van der Waals surface area contributed by atoms with E-state index in [4.69, 9.17) is 9.72 Å². The van der Waals surface area contributed by atoms with Crippen molar-refractivity contribution in [1.29, 1.82) is 0 Å². The third-order valence-electron chi connectivity index (χ3n) is 7.70. The van der Waals surface area contributed by atoms with Crippen LogP contribution in [0.25, 0.3) is 10.9 Å². The molecule has 0 radical (unpaired) electrons. The Balaban J connectivity index is 1.14. The molecule has 0 amide bonds. The highest BCUT2D eigenvalue weighted by atomic mass is 32.2. The number of anilines is 2. The van der Waals surface area contributed by atoms with E-state index >= 15 is 0 Å². The summed E-state index contributed by atoms with van der Waals surface area (Å²) in [6, 6.07) is 18.3. The topological polar surface area (TPSA) is 83.6 Å². The minimum atomic E-state index is -3.59. The Kier molecular flexibility index (Phi) is 5.47. The molecule has 3 heterocycles. The van der Waals surface area contributed by atoms with Gasteiger partial charge >= 0.3 is 10.2 Å². The molecule has 7 nitrogen and oxygen atoms in total. The summed E-state index contributed by atoms with van der Waals surface area (Å²) in [6.45, 7) is 2.62. The number of aromatic nitrogens is 1. The molecule has 0 saturated carbocycles. The zero-order chi connectivity index (χ0) is 23.2. The van der Waals surface area contributed by atoms with Crippen molar-refractivity contribution < 1.29 is 13.2 Å². The summed E-state index contributed by atoms with van der Waals surface area (Å²) in [4.78, 5) is 4.77. The second-order valence-corrected chi connectivity index (χ2v) is 11.5. The van der Waals surface area contributed by atoms with Gasteiger partial charge in [-0.05, 0) is 79.0 Å². The lowest BCUT2D eigenvalue weighted by Gasteiger charge is -2.37. The molecule has 1 atom stereocenters. The van der Waals surface area contributed by atoms with Crippen molar-refractivity contribution >= 4 is 32.6 Å². The minimum Gasteiger partial charge on any atom is -0.381 e. The number of pyridine rings is 1. The highest BCUT2D eigenvalue weighted by Gasteiger charge is 2.40. The van der Waals surface area contributed by atoms with Crippen LogP contribution >= 0.6 is 0 Å². The molecule has 0 bridgehead atoms. The van der Waals surface area contributed by atoms with Gasteiger partial charge in [0.1, 0.15) is 5.82 Å². The molecule has 34 heavy (non-hydrogen) atoms. The molecular weight excluding hydrogens is 448 g/mol. The van der Waals surface area contributed by atoms with Gasteiger partial charge in [-0.2, -0.15) is 12.7 Å². The van der Waals surface area contributed by atoms with Crippen LogP contribution in [-0.2, 0) is 21.4 Å². The Morgan fingerprint density at radius 1 is 1.03 bits per heavy atom. The number of benzene rings is 2. The molecule has 1 aliphatic carbocycles. The van der Waals surface area contributed by atoms with Crippen molar-refractivity contribution in [2.75, 3.05) is 36.3 Å². The van der Waals surface area contributed by atoms with Gasteiger partial charge in [-0.25, -0.2) is 4.98 Å². The number of piperidine rings is 1. The summed E-state index contributed by atoms with van der Waals surface area (Å²) in [5.41, 5.74) is 4.31. The Morgan fingerprint density at radius 2 is 1.88 bits per heavy atom. The smallest absolute Gasteiger partial charge is 0.301 e. The van der Waals surface area contributed by atoms with Crippen molar-refractivity contribution in [3.8, 4) is 0 Å². The van der Waals surface area contributed by atoms with Gasteiger partial charge in [-0.1, -0.05) is 24.3 Å². The van der Waals surface area contributed by atoms with E-state index in [9.17, 15) is 8.42 Å². The van der Waals surface area contributed by atoms with E-state index in [2.05, 4.69) is 34.3 Å². The zero-order valence-corrected chi connectivity index (χ0v) is 20.0. The lowest BCUT2D eigenvalue weighted by atomic mass is 9.79. The first-order chi connectivity index (χ1) is 16.5. The molecule has 2 aliphatic heterocycles. The largest absolute Gasteiger partial charge is 0.381 e. The number of ether oxygens (including phenoxy) is 1. The third kappa shape index (κ3) is 4.15. The molecule has 8 heteroatoms. The van der Waals surface area contributed by atoms with Gasteiger partial charge in [-0.15, -0.1) is 0 Å². The normalized spacial score (nSPS) is 22.2. The highest BCUT2D eigenvalue weighted by Crippen LogP contribution is 2.40. The summed E-state index contributed by atoms with van der Waals surface area (Å²) in [6.07, 6.45) is 4.89. The SMILES string of the molecule is O=S(=O)(Nc1ccc2nc(N[C@@H]3CCc4ccccc43)ccc2c1)N1CCC2(CCOC2)CC1. The van der Waals surface area contributed by atoms with Crippen LogP contribution in [0.4, 0.5) is 11.5 Å². The molecule has 178 valence electrons. The fourth-order valence-corrected chi connectivity index (χ4v) is 6.83. The first-order valence-corrected chi connectivity index (χ1v) is 13.5. The predicted molar refractivity (Wildman–Crippen MR) is 134 cm³/mol. The molecular formula is C26H30N4O3S. The maximum absolute atomic E-state index is 13.0. The second-order valence-electron chi connectivity index (χ2n) is 9.85. The molecule has 3 aliphatic rings. The summed E-state index contributed by atoms with van der Waals surface area (Å²) < 4.78 is 35.9. The fourth-order valence-electron chi connectivity index (χ4n) is 5.61. The third-order valence-corrected chi connectivity index (χ3v) is 9.24. The second kappa shape index (κ2) is 8.52. The quantitative estimate of drug-likeness (QED) is 0.564. The van der Waals surface area contributed by atoms with Crippen LogP contribution in [0.5, 0.6) is 0 Å². The van der Waals surface area contributed by atoms with Gasteiger partial charge in [0.25, 0.3) is 0 Å². The monoisotopic (exact) mass is 478 g/mol. The fraction of sp³-hybridized carbons (Fsp3) is 0.423. The van der Waals surface area contributed by atoms with Gasteiger partial charge < -0.3 is 10.1 Å². The maximum atomic E-state index is 13.0. The van der Waals surface area contributed by atoms with Gasteiger partial charge in [0, 0.05) is 25.1 Å². The molecule has 2 saturated heterocycles. The van der Waals surface area contributed by atoms with E-state index in [0.29, 0.717) is 18.8 Å². The van der Waals surface area contributed by atoms with Crippen molar-refractivity contribution in [3.05, 3.63) is 65.7 Å². The standard InChI is InChI=1S/C26H30N4O3S/c31-34(32,30-14-11-26(12-15-30)13-16-33-18-26)29-21-7-9-23-20(17-21)6-10-25(27-23)28-24-8-5-19-3-1-2-4-22(19)24/h1-4,6-7,9-10,17,24,29H,5,8,11-16,18H2,(H,27,28)/t24-/m1/s1. The van der Waals surface area contributed by atoms with Gasteiger partial charge in [0.05, 0.1) is 23.9 Å². The number of rotatable bonds is 5. The first-order valence-electron chi connectivity index (χ1n) is 12.1. The van der Waals surface area contributed by atoms with Gasteiger partial charge in [0.15, 0.2) is 0 Å². The van der Waals surface area contributed by atoms with Crippen LogP contribution in [0.2, 0.25) is 0 Å². The number of aryl methyl sites for hydroxylation is 1. The Hall–Kier alpha value is -2.68. The van der Waals surface area contributed by atoms with Crippen molar-refractivity contribution in [1.82, 2.24) is 9.29 Å². The van der Waals surface area contributed by atoms with E-state index < -0.39 is 10.2 Å². The van der Waals surface area contributed by atoms with E-state index in [-0.39, 0.29) is 11.5 Å². The molecule has 2 N–H and O–H groups in total. The summed E-state index contributed by atoms with van der Waals surface area (Å²) in [5.74, 6) is 0.834. The molecule has 2 aromatic carbocycles. The van der Waals surface area contributed by atoms with E-state index in [0.717, 1.165) is 62.0 Å². The lowest BCUT2D eigenvalue weighted by molar-refractivity contribution is 0.109. The number of hydrogen-bond donors (Lipinski definition) is 2. The highest BCUT2D eigenvalue weighted by molar-refractivity contribution is 7.90. The van der Waals surface area contributed by atoms with Crippen LogP contribution in [0.1, 0.15) is 42.9 Å². The van der Waals surface area contributed by atoms with Crippen molar-refractivity contribution in [3.63, 3.8) is 0 Å². The zero-order valence-electron chi connectivity index (χ0n) is 19.2. The number of nitrogens with one attached hydrogen (secondary N) is 2. The van der Waals surface area contributed by atoms with Crippen LogP contribution in [0, 0.1) is 5.41 Å². The number of fused-ring (bicyclic) bond motifs is 2. The molecule has 2 fully saturated rings. The number of nitrogens with zero attached hydrogens (tertiary/aromatic N) is 2. The summed E-state index contributed by atoms with van der Waals surface area (Å²) in [5, 5.41) is 4.47. The molecule has 6 rings (SSSR count). The maximum Gasteiger partial charge on any atom is 0.301 e. The Bertz CT molecular complexity index is 1310. The van der Waals surface area contributed by atoms with E-state index in [1.165, 1.54) is 11.1 Å². The predicted octanol–water partition coefficient (Wildman–Crippen LogP) is 4.49. The van der Waals surface area contributed by atoms with Crippen LogP contribution in [0.15, 0.2) is 54.6 Å². The van der Waals surface area contributed by atoms with Crippen LogP contribution in [-0.4, -0.2) is 44.0 Å². The van der Waals surface area contributed by atoms with Crippen LogP contribution in [0.3, 0.4) is 0 Å². The lowest BCUT2D eigenvalue weighted by Crippen LogP contribution is -2.45. The summed E-state index contributed by atoms with van der Waals surface area (Å²) in [7, 11) is -3.59. The molecule has 0 unspecified atom stereocenters. The first kappa shape index (κ1) is 21.8. The minimum absolute atomic E-state index is 0.174. The molecule has 1 aromatic heterocycles. The van der Waals surface area contributed by atoms with Crippen LogP contribution < -0.4 is 10.0 Å². The average Bonchev–Trinajstić information content (AvgIpc) is 3.47. The Labute approximate surface area is 200 Å². The van der Waals surface area contributed by atoms with Gasteiger partial charge in [-0.3, -0.25) is 4.72 Å². The van der Waals surface area contributed by atoms with Crippen molar-refractivity contribution in [2.24, 2.45) is 5.41 Å². The van der Waals surface area contributed by atoms with Crippen molar-refractivity contribution in [2.45, 2.75) is 38.1 Å². The number of hydrogen-bond acceptors (Lipinski definition) is 5. The average molecular weight is 479 g/mol. The summed E-state index contributed by atoms with van der Waals surface area (Å²) >= 11 is 0. The van der Waals surface area contributed by atoms with E-state index in [1.54, 1.807) is 10.4 Å². The van der Waals surface area contributed by atoms with Gasteiger partial charge in [0.2, 0.25) is 0 Å².